The van der Waals surface area contributed by atoms with Gasteiger partial charge in [0.05, 0.1) is 17.9 Å². The Hall–Kier alpha value is -3.13. The summed E-state index contributed by atoms with van der Waals surface area (Å²) in [5, 5.41) is 1.50. The molecule has 0 radical (unpaired) electrons. The molecule has 28 heavy (non-hydrogen) atoms. The number of carbonyl (C=O) groups excluding carboxylic acids is 4. The fraction of sp³-hybridized carbons (Fsp3) is 0.200. The first kappa shape index (κ1) is 19.6. The maximum atomic E-state index is 12.5. The number of thioether (sulfide) groups is 1. The van der Waals surface area contributed by atoms with Crippen molar-refractivity contribution in [3.05, 3.63) is 60.2 Å². The highest BCUT2D eigenvalue weighted by molar-refractivity contribution is 8.15. The summed E-state index contributed by atoms with van der Waals surface area (Å²) < 4.78 is 4.90. The van der Waals surface area contributed by atoms with Gasteiger partial charge in [0.1, 0.15) is 5.25 Å². The molecule has 2 aromatic rings. The number of ether oxygens (including phenoxy) is 1. The van der Waals surface area contributed by atoms with Gasteiger partial charge in [0.25, 0.3) is 5.24 Å². The van der Waals surface area contributed by atoms with E-state index in [2.05, 4.69) is 5.32 Å². The molecule has 1 fully saturated rings. The quantitative estimate of drug-likeness (QED) is 0.749. The van der Waals surface area contributed by atoms with E-state index in [0.29, 0.717) is 16.9 Å². The van der Waals surface area contributed by atoms with Gasteiger partial charge in [-0.25, -0.2) is 9.69 Å². The van der Waals surface area contributed by atoms with Crippen molar-refractivity contribution in [3.8, 4) is 0 Å². The summed E-state index contributed by atoms with van der Waals surface area (Å²) in [5.74, 6) is -1.24. The molecule has 0 aliphatic carbocycles. The molecule has 2 aromatic carbocycles. The van der Waals surface area contributed by atoms with Crippen LogP contribution in [0.5, 0.6) is 0 Å². The third-order valence-electron chi connectivity index (χ3n) is 3.99. The summed E-state index contributed by atoms with van der Waals surface area (Å²) in [6.45, 7) is 2.00. The summed E-state index contributed by atoms with van der Waals surface area (Å²) in [6, 6.07) is 14.9. The van der Waals surface area contributed by atoms with Crippen LogP contribution in [0.1, 0.15) is 23.7 Å². The molecule has 7 nitrogen and oxygen atoms in total. The summed E-state index contributed by atoms with van der Waals surface area (Å²) in [7, 11) is 0. The number of nitrogens with one attached hydrogen (secondary N) is 1. The Morgan fingerprint density at radius 2 is 1.75 bits per heavy atom. The lowest BCUT2D eigenvalue weighted by Crippen LogP contribution is -2.32. The second-order valence-corrected chi connectivity index (χ2v) is 7.09. The monoisotopic (exact) mass is 398 g/mol. The standard InChI is InChI=1S/C20H18N2O5S/c1-2-27-19(25)13-8-10-14(11-9-13)21-17(23)12-16-18(24)22(20(26)28-16)15-6-4-3-5-7-15/h3-11,16H,2,12H2,1H3,(H,21,23)/t16-/m1/s1. The van der Waals surface area contributed by atoms with Crippen molar-refractivity contribution in [2.75, 3.05) is 16.8 Å². The van der Waals surface area contributed by atoms with Crippen LogP contribution >= 0.6 is 11.8 Å². The highest BCUT2D eigenvalue weighted by Crippen LogP contribution is 2.33. The fourth-order valence-electron chi connectivity index (χ4n) is 2.68. The van der Waals surface area contributed by atoms with Crippen LogP contribution in [0.4, 0.5) is 16.2 Å². The SMILES string of the molecule is CCOC(=O)c1ccc(NC(=O)C[C@H]2SC(=O)N(c3ccccc3)C2=O)cc1. The second kappa shape index (κ2) is 8.71. The van der Waals surface area contributed by atoms with Crippen molar-refractivity contribution >= 4 is 46.2 Å². The molecule has 0 spiro atoms. The molecule has 8 heteroatoms. The fourth-order valence-corrected chi connectivity index (χ4v) is 3.67. The van der Waals surface area contributed by atoms with Crippen LogP contribution in [0.2, 0.25) is 0 Å². The lowest BCUT2D eigenvalue weighted by molar-refractivity contribution is -0.121. The van der Waals surface area contributed by atoms with Gasteiger partial charge in [-0.3, -0.25) is 14.4 Å². The van der Waals surface area contributed by atoms with E-state index < -0.39 is 28.3 Å². The lowest BCUT2D eigenvalue weighted by Gasteiger charge is -2.13. The maximum Gasteiger partial charge on any atom is 0.338 e. The molecule has 0 unspecified atom stereocenters. The normalized spacial score (nSPS) is 16.2. The van der Waals surface area contributed by atoms with Gasteiger partial charge in [-0.2, -0.15) is 0 Å². The lowest BCUT2D eigenvalue weighted by atomic mass is 10.2. The van der Waals surface area contributed by atoms with Gasteiger partial charge in [-0.05, 0) is 55.1 Å². The van der Waals surface area contributed by atoms with Crippen LogP contribution in [0.3, 0.4) is 0 Å². The molecule has 3 amide bonds. The zero-order valence-corrected chi connectivity index (χ0v) is 15.9. The summed E-state index contributed by atoms with van der Waals surface area (Å²) >= 11 is 0.843. The molecule has 144 valence electrons. The number of rotatable bonds is 6. The molecular weight excluding hydrogens is 380 g/mol. The number of carbonyl (C=O) groups is 4. The van der Waals surface area contributed by atoms with Crippen LogP contribution in [0.25, 0.3) is 0 Å². The molecule has 0 aromatic heterocycles. The van der Waals surface area contributed by atoms with Gasteiger partial charge in [-0.1, -0.05) is 18.2 Å². The van der Waals surface area contributed by atoms with Gasteiger partial charge < -0.3 is 10.1 Å². The predicted octanol–water partition coefficient (Wildman–Crippen LogP) is 3.46. The van der Waals surface area contributed by atoms with Crippen LogP contribution < -0.4 is 10.2 Å². The molecular formula is C20H18N2O5S. The first-order valence-corrected chi connectivity index (χ1v) is 9.54. The Morgan fingerprint density at radius 3 is 2.39 bits per heavy atom. The number of benzene rings is 2. The van der Waals surface area contributed by atoms with E-state index in [9.17, 15) is 19.2 Å². The molecule has 1 aliphatic rings. The van der Waals surface area contributed by atoms with Crippen LogP contribution in [-0.2, 0) is 14.3 Å². The molecule has 0 bridgehead atoms. The van der Waals surface area contributed by atoms with E-state index in [-0.39, 0.29) is 13.0 Å². The summed E-state index contributed by atoms with van der Waals surface area (Å²) in [5.41, 5.74) is 1.35. The van der Waals surface area contributed by atoms with Crippen molar-refractivity contribution in [2.24, 2.45) is 0 Å². The zero-order chi connectivity index (χ0) is 20.1. The van der Waals surface area contributed by atoms with E-state index in [4.69, 9.17) is 4.74 Å². The van der Waals surface area contributed by atoms with Crippen molar-refractivity contribution < 1.29 is 23.9 Å². The molecule has 1 saturated heterocycles. The topological polar surface area (TPSA) is 92.8 Å². The zero-order valence-electron chi connectivity index (χ0n) is 15.1. The van der Waals surface area contributed by atoms with Gasteiger partial charge >= 0.3 is 5.97 Å². The molecule has 3 rings (SSSR count). The number of nitrogens with zero attached hydrogens (tertiary/aromatic N) is 1. The minimum absolute atomic E-state index is 0.127. The average Bonchev–Trinajstić information content (AvgIpc) is 2.96. The Bertz CT molecular complexity index is 899. The Balaban J connectivity index is 1.60. The third kappa shape index (κ3) is 4.40. The molecule has 1 heterocycles. The minimum atomic E-state index is -0.772. The van der Waals surface area contributed by atoms with Gasteiger partial charge in [0, 0.05) is 12.1 Å². The maximum absolute atomic E-state index is 12.5. The van der Waals surface area contributed by atoms with Gasteiger partial charge in [0.15, 0.2) is 0 Å². The summed E-state index contributed by atoms with van der Waals surface area (Å²) in [4.78, 5) is 49.7. The highest BCUT2D eigenvalue weighted by atomic mass is 32.2. The summed E-state index contributed by atoms with van der Waals surface area (Å²) in [6.07, 6.45) is -0.127. The minimum Gasteiger partial charge on any atom is -0.462 e. The number of hydrogen-bond acceptors (Lipinski definition) is 6. The molecule has 0 saturated carbocycles. The van der Waals surface area contributed by atoms with Crippen molar-refractivity contribution in [1.29, 1.82) is 0 Å². The number of esters is 1. The predicted molar refractivity (Wildman–Crippen MR) is 106 cm³/mol. The number of amides is 3. The average molecular weight is 398 g/mol. The molecule has 1 aliphatic heterocycles. The van der Waals surface area contributed by atoms with E-state index in [1.165, 1.54) is 0 Å². The highest BCUT2D eigenvalue weighted by Gasteiger charge is 2.41. The van der Waals surface area contributed by atoms with E-state index in [0.717, 1.165) is 16.7 Å². The first-order chi connectivity index (χ1) is 13.5. The van der Waals surface area contributed by atoms with E-state index in [1.54, 1.807) is 61.5 Å². The molecule has 1 N–H and O–H groups in total. The van der Waals surface area contributed by atoms with Crippen LogP contribution in [0, 0.1) is 0 Å². The number of imide groups is 1. The Kier molecular flexibility index (Phi) is 6.10. The molecule has 1 atom stereocenters. The smallest absolute Gasteiger partial charge is 0.338 e. The van der Waals surface area contributed by atoms with Gasteiger partial charge in [-0.15, -0.1) is 0 Å². The Labute approximate surface area is 166 Å². The second-order valence-electron chi connectivity index (χ2n) is 5.93. The van der Waals surface area contributed by atoms with Gasteiger partial charge in [0.2, 0.25) is 11.8 Å². The third-order valence-corrected chi connectivity index (χ3v) is 5.02. The largest absolute Gasteiger partial charge is 0.462 e. The van der Waals surface area contributed by atoms with E-state index in [1.807, 2.05) is 0 Å². The van der Waals surface area contributed by atoms with Crippen molar-refractivity contribution in [1.82, 2.24) is 0 Å². The first-order valence-electron chi connectivity index (χ1n) is 8.66. The van der Waals surface area contributed by atoms with Crippen molar-refractivity contribution in [2.45, 2.75) is 18.6 Å². The van der Waals surface area contributed by atoms with E-state index >= 15 is 0 Å². The van der Waals surface area contributed by atoms with Crippen molar-refractivity contribution in [3.63, 3.8) is 0 Å². The van der Waals surface area contributed by atoms with Crippen LogP contribution in [-0.4, -0.2) is 34.9 Å². The Morgan fingerprint density at radius 1 is 1.07 bits per heavy atom. The van der Waals surface area contributed by atoms with Crippen LogP contribution in [0.15, 0.2) is 54.6 Å². The number of para-hydroxylation sites is 1. The number of anilines is 2. The number of hydrogen-bond donors (Lipinski definition) is 1.